The Labute approximate surface area is 163 Å². The predicted molar refractivity (Wildman–Crippen MR) is 111 cm³/mol. The molecule has 0 radical (unpaired) electrons. The van der Waals surface area contributed by atoms with E-state index in [0.29, 0.717) is 5.92 Å². The highest BCUT2D eigenvalue weighted by Gasteiger charge is 2.40. The maximum atomic E-state index is 5.60. The van der Waals surface area contributed by atoms with Crippen molar-refractivity contribution in [3.8, 4) is 0 Å². The second-order valence-corrected chi connectivity index (χ2v) is 8.90. The molecule has 2 fully saturated rings. The van der Waals surface area contributed by atoms with Crippen LogP contribution in [0.4, 0.5) is 0 Å². The van der Waals surface area contributed by atoms with Gasteiger partial charge in [0.25, 0.3) is 0 Å². The van der Waals surface area contributed by atoms with Gasteiger partial charge in [0.15, 0.2) is 0 Å². The Balaban J connectivity index is 1.34. The molecule has 2 saturated heterocycles. The molecule has 4 atom stereocenters. The van der Waals surface area contributed by atoms with Gasteiger partial charge in [0.1, 0.15) is 0 Å². The number of aromatic nitrogens is 2. The first-order valence-corrected chi connectivity index (χ1v) is 10.9. The molecule has 0 N–H and O–H groups in total. The summed E-state index contributed by atoms with van der Waals surface area (Å²) >= 11 is 0. The Morgan fingerprint density at radius 2 is 1.96 bits per heavy atom. The number of hydrogen-bond donors (Lipinski definition) is 0. The molecule has 3 heterocycles. The van der Waals surface area contributed by atoms with Crippen molar-refractivity contribution in [3.63, 3.8) is 0 Å². The van der Waals surface area contributed by atoms with Crippen LogP contribution in [0.15, 0.2) is 24.4 Å². The lowest BCUT2D eigenvalue weighted by Crippen LogP contribution is -2.45. The van der Waals surface area contributed by atoms with Crippen LogP contribution in [0.2, 0.25) is 0 Å². The maximum Gasteiger partial charge on any atom is 0.0685 e. The van der Waals surface area contributed by atoms with Crippen LogP contribution in [-0.2, 0) is 11.3 Å². The topological polar surface area (TPSA) is 30.3 Å². The van der Waals surface area contributed by atoms with Crippen LogP contribution in [0.3, 0.4) is 0 Å². The van der Waals surface area contributed by atoms with E-state index in [1.165, 1.54) is 55.1 Å². The molecule has 1 aromatic carbocycles. The van der Waals surface area contributed by atoms with E-state index in [4.69, 9.17) is 4.74 Å². The van der Waals surface area contributed by atoms with E-state index in [9.17, 15) is 0 Å². The molecule has 0 aliphatic carbocycles. The average Bonchev–Trinajstić information content (AvgIpc) is 3.12. The molecule has 1 aromatic heterocycles. The fourth-order valence-electron chi connectivity index (χ4n) is 5.35. The number of hydrogen-bond acceptors (Lipinski definition) is 3. The van der Waals surface area contributed by atoms with Crippen LogP contribution in [0.1, 0.15) is 51.5 Å². The minimum atomic E-state index is 0.622. The molecular weight excluding hydrogens is 334 g/mol. The summed E-state index contributed by atoms with van der Waals surface area (Å²) in [6, 6.07) is 8.23. The van der Waals surface area contributed by atoms with Gasteiger partial charge in [-0.25, -0.2) is 0 Å². The number of rotatable bonds is 8. The normalized spacial score (nSPS) is 26.7. The lowest BCUT2D eigenvalue weighted by Gasteiger charge is -2.40. The highest BCUT2D eigenvalue weighted by molar-refractivity contribution is 5.79. The van der Waals surface area contributed by atoms with Crippen molar-refractivity contribution in [1.29, 1.82) is 0 Å². The van der Waals surface area contributed by atoms with Crippen molar-refractivity contribution in [2.45, 2.75) is 71.5 Å². The zero-order valence-electron chi connectivity index (χ0n) is 17.2. The minimum Gasteiger partial charge on any atom is -0.382 e. The largest absolute Gasteiger partial charge is 0.382 e. The molecule has 2 aromatic rings. The molecule has 0 amide bonds. The van der Waals surface area contributed by atoms with Gasteiger partial charge in [0.05, 0.1) is 11.7 Å². The molecule has 2 aliphatic heterocycles. The van der Waals surface area contributed by atoms with Crippen molar-refractivity contribution in [2.75, 3.05) is 19.8 Å². The van der Waals surface area contributed by atoms with E-state index in [1.807, 2.05) is 6.20 Å². The van der Waals surface area contributed by atoms with Crippen molar-refractivity contribution in [2.24, 2.45) is 11.8 Å². The van der Waals surface area contributed by atoms with Gasteiger partial charge < -0.3 is 4.74 Å². The number of benzene rings is 1. The van der Waals surface area contributed by atoms with Gasteiger partial charge in [-0.2, -0.15) is 5.10 Å². The van der Waals surface area contributed by atoms with Gasteiger partial charge in [-0.1, -0.05) is 19.1 Å². The third-order valence-electron chi connectivity index (χ3n) is 6.66. The molecule has 4 nitrogen and oxygen atoms in total. The molecule has 27 heavy (non-hydrogen) atoms. The Kier molecular flexibility index (Phi) is 5.84. The Hall–Kier alpha value is -1.39. The van der Waals surface area contributed by atoms with E-state index < -0.39 is 0 Å². The van der Waals surface area contributed by atoms with Gasteiger partial charge >= 0.3 is 0 Å². The van der Waals surface area contributed by atoms with Gasteiger partial charge in [-0.15, -0.1) is 0 Å². The Morgan fingerprint density at radius 3 is 2.70 bits per heavy atom. The Bertz CT molecular complexity index is 741. The average molecular weight is 370 g/mol. The smallest absolute Gasteiger partial charge is 0.0685 e. The summed E-state index contributed by atoms with van der Waals surface area (Å²) < 4.78 is 7.81. The summed E-state index contributed by atoms with van der Waals surface area (Å²) in [5.74, 6) is 1.50. The summed E-state index contributed by atoms with van der Waals surface area (Å²) in [6.45, 7) is 10.7. The number of ether oxygens (including phenoxy) is 1. The summed E-state index contributed by atoms with van der Waals surface area (Å²) in [5, 5.41) is 5.91. The first kappa shape index (κ1) is 18.9. The zero-order valence-corrected chi connectivity index (χ0v) is 17.2. The van der Waals surface area contributed by atoms with Crippen LogP contribution >= 0.6 is 0 Å². The zero-order chi connectivity index (χ0) is 18.8. The van der Waals surface area contributed by atoms with Crippen LogP contribution in [0, 0.1) is 18.8 Å². The summed E-state index contributed by atoms with van der Waals surface area (Å²) in [6.07, 6.45) is 8.80. The minimum absolute atomic E-state index is 0.622. The molecule has 2 aliphatic rings. The molecular formula is C23H35N3O. The summed E-state index contributed by atoms with van der Waals surface area (Å²) in [4.78, 5) is 2.83. The molecule has 0 spiro atoms. The van der Waals surface area contributed by atoms with Gasteiger partial charge in [0, 0.05) is 43.8 Å². The van der Waals surface area contributed by atoms with E-state index in [1.54, 1.807) is 0 Å². The highest BCUT2D eigenvalue weighted by Crippen LogP contribution is 2.40. The van der Waals surface area contributed by atoms with Crippen LogP contribution < -0.4 is 0 Å². The second-order valence-electron chi connectivity index (χ2n) is 8.90. The number of aryl methyl sites for hydroxylation is 1. The third-order valence-corrected chi connectivity index (χ3v) is 6.66. The van der Waals surface area contributed by atoms with Crippen molar-refractivity contribution >= 4 is 10.9 Å². The number of fused-ring (bicyclic) bond motifs is 3. The van der Waals surface area contributed by atoms with Crippen molar-refractivity contribution in [1.82, 2.24) is 14.7 Å². The van der Waals surface area contributed by atoms with Crippen molar-refractivity contribution in [3.05, 3.63) is 30.0 Å². The lowest BCUT2D eigenvalue weighted by molar-refractivity contribution is 0.0635. The second kappa shape index (κ2) is 8.32. The van der Waals surface area contributed by atoms with E-state index in [0.717, 1.165) is 37.8 Å². The van der Waals surface area contributed by atoms with E-state index in [-0.39, 0.29) is 0 Å². The van der Waals surface area contributed by atoms with Gasteiger partial charge in [-0.05, 0) is 69.4 Å². The molecule has 148 valence electrons. The lowest BCUT2D eigenvalue weighted by atomic mass is 9.88. The standard InChI is InChI=1S/C23H35N3O/c1-4-27-10-9-19-12-21-7-8-22(13-19)25(21)15-18(3)16-26-23-11-17(2)5-6-20(23)14-24-26/h5-6,11,14,18-19,21-22H,4,7-10,12-13,15-16H2,1-3H3/t18?,19?,21-,22+. The van der Waals surface area contributed by atoms with E-state index in [2.05, 4.69) is 53.7 Å². The molecule has 4 rings (SSSR count). The number of nitrogens with zero attached hydrogens (tertiary/aromatic N) is 3. The Morgan fingerprint density at radius 1 is 1.19 bits per heavy atom. The predicted octanol–water partition coefficient (Wildman–Crippen LogP) is 4.65. The monoisotopic (exact) mass is 369 g/mol. The number of piperidine rings is 1. The first-order chi connectivity index (χ1) is 13.1. The SMILES string of the molecule is CCOCCC1C[C@H]2CC[C@@H](C1)N2CC(C)Cn1ncc2ccc(C)cc21. The van der Waals surface area contributed by atoms with Crippen molar-refractivity contribution < 1.29 is 4.74 Å². The quantitative estimate of drug-likeness (QED) is 0.635. The molecule has 4 heteroatoms. The fraction of sp³-hybridized carbons (Fsp3) is 0.696. The third kappa shape index (κ3) is 4.22. The van der Waals surface area contributed by atoms with Gasteiger partial charge in [-0.3, -0.25) is 9.58 Å². The molecule has 0 saturated carbocycles. The fourth-order valence-corrected chi connectivity index (χ4v) is 5.35. The summed E-state index contributed by atoms with van der Waals surface area (Å²) in [7, 11) is 0. The van der Waals surface area contributed by atoms with Crippen LogP contribution in [-0.4, -0.2) is 46.5 Å². The first-order valence-electron chi connectivity index (χ1n) is 10.9. The van der Waals surface area contributed by atoms with Gasteiger partial charge in [0.2, 0.25) is 0 Å². The maximum absolute atomic E-state index is 5.60. The molecule has 2 unspecified atom stereocenters. The molecule has 2 bridgehead atoms. The van der Waals surface area contributed by atoms with Crippen LogP contribution in [0.5, 0.6) is 0 Å². The summed E-state index contributed by atoms with van der Waals surface area (Å²) in [5.41, 5.74) is 2.59. The highest BCUT2D eigenvalue weighted by atomic mass is 16.5. The van der Waals surface area contributed by atoms with Crippen LogP contribution in [0.25, 0.3) is 10.9 Å². The van der Waals surface area contributed by atoms with E-state index >= 15 is 0 Å².